The van der Waals surface area contributed by atoms with Crippen LogP contribution in [-0.4, -0.2) is 21.7 Å². The number of hydrogen-bond acceptors (Lipinski definition) is 0. The Bertz CT molecular complexity index is 39.5. The molecule has 1 atom stereocenters. The first-order valence-electron chi connectivity index (χ1n) is 3.10. The second kappa shape index (κ2) is 8.25. The van der Waals surface area contributed by atoms with Gasteiger partial charge in [0, 0.05) is 0 Å². The van der Waals surface area contributed by atoms with Gasteiger partial charge in [-0.25, -0.2) is 0 Å². The Morgan fingerprint density at radius 2 is 2.00 bits per heavy atom. The molecule has 0 N–H and O–H groups in total. The molecule has 0 heterocycles. The summed E-state index contributed by atoms with van der Waals surface area (Å²) in [4.78, 5) is 0. The molecule has 0 aromatic carbocycles. The third kappa shape index (κ3) is 7.25. The van der Waals surface area contributed by atoms with E-state index < -0.39 is 0 Å². The quantitative estimate of drug-likeness (QED) is 0.500. The van der Waals surface area contributed by atoms with Crippen LogP contribution < -0.4 is 17.0 Å². The molecule has 0 aromatic rings. The van der Waals surface area contributed by atoms with Crippen LogP contribution in [-0.2, 0) is 0 Å². The normalized spacial score (nSPS) is 12.5. The number of rotatable bonds is 3. The van der Waals surface area contributed by atoms with Gasteiger partial charge < -0.3 is 17.0 Å². The first-order valence-corrected chi connectivity index (χ1v) is 4.10. The summed E-state index contributed by atoms with van der Waals surface area (Å²) in [5.41, 5.74) is 0. The van der Waals surface area contributed by atoms with E-state index in [9.17, 15) is 0 Å². The van der Waals surface area contributed by atoms with E-state index in [1.165, 1.54) is 17.4 Å². The smallest absolute Gasteiger partial charge is 1.00 e. The summed E-state index contributed by atoms with van der Waals surface area (Å²) in [6.45, 7) is 4.56. The fraction of sp³-hybridized carbons (Fsp3) is 1.00. The third-order valence-electron chi connectivity index (χ3n) is 1.27. The van der Waals surface area contributed by atoms with Crippen molar-refractivity contribution in [3.05, 3.63) is 0 Å². The van der Waals surface area contributed by atoms with Gasteiger partial charge in [0.05, 0.1) is 0 Å². The van der Waals surface area contributed by atoms with Crippen molar-refractivity contribution in [2.45, 2.75) is 31.2 Å². The molecule has 0 bridgehead atoms. The van der Waals surface area contributed by atoms with E-state index in [2.05, 4.69) is 35.6 Å². The standard InChI is InChI=1S/C6H13.BrH.Mg/c1-4-5-6(2)3;;/h6H,2,4-5H2,1,3H3;1H;/q;;+1/p-1. The van der Waals surface area contributed by atoms with Gasteiger partial charge in [-0.15, -0.1) is 0 Å². The van der Waals surface area contributed by atoms with Crippen molar-refractivity contribution >= 4 is 21.7 Å². The van der Waals surface area contributed by atoms with Gasteiger partial charge in [0.1, 0.15) is 0 Å². The van der Waals surface area contributed by atoms with E-state index in [0.29, 0.717) is 0 Å². The van der Waals surface area contributed by atoms with E-state index >= 15 is 0 Å². The average Bonchev–Trinajstić information content (AvgIpc) is 1.68. The zero-order valence-corrected chi connectivity index (χ0v) is 8.78. The average molecular weight is 189 g/mol. The molecule has 0 saturated heterocycles. The summed E-state index contributed by atoms with van der Waals surface area (Å²) in [6.07, 6.45) is 2.75. The van der Waals surface area contributed by atoms with Gasteiger partial charge in [-0.2, -0.15) is 0 Å². The number of hydrogen-bond donors (Lipinski definition) is 0. The Morgan fingerprint density at radius 3 is 2.12 bits per heavy atom. The summed E-state index contributed by atoms with van der Waals surface area (Å²) in [6, 6.07) is 0. The first-order chi connectivity index (χ1) is 3.31. The SMILES string of the molecule is CCCC(C)[CH2][Mg+].[Br-]. The van der Waals surface area contributed by atoms with E-state index in [1.807, 2.05) is 0 Å². The fourth-order valence-electron chi connectivity index (χ4n) is 0.637. The zero-order chi connectivity index (χ0) is 5.70. The van der Waals surface area contributed by atoms with Gasteiger partial charge in [-0.3, -0.25) is 0 Å². The molecule has 2 heteroatoms. The van der Waals surface area contributed by atoms with Gasteiger partial charge >= 0.3 is 58.9 Å². The molecule has 0 rings (SSSR count). The molecule has 0 amide bonds. The van der Waals surface area contributed by atoms with Gasteiger partial charge in [0.15, 0.2) is 0 Å². The molecule has 0 spiro atoms. The summed E-state index contributed by atoms with van der Waals surface area (Å²) >= 11 is 2.08. The molecule has 8 heavy (non-hydrogen) atoms. The molecule has 0 nitrogen and oxygen atoms in total. The van der Waals surface area contributed by atoms with Crippen LogP contribution in [0.5, 0.6) is 0 Å². The molecule has 0 aliphatic rings. The summed E-state index contributed by atoms with van der Waals surface area (Å²) in [7, 11) is 0. The predicted octanol–water partition coefficient (Wildman–Crippen LogP) is -0.987. The fourth-order valence-corrected chi connectivity index (χ4v) is 0.926. The van der Waals surface area contributed by atoms with Crippen LogP contribution in [0, 0.1) is 5.92 Å². The van der Waals surface area contributed by atoms with Crippen LogP contribution in [0.1, 0.15) is 26.7 Å². The van der Waals surface area contributed by atoms with Crippen LogP contribution >= 0.6 is 0 Å². The Hall–Kier alpha value is 1.25. The summed E-state index contributed by atoms with van der Waals surface area (Å²) in [5, 5.41) is 0. The van der Waals surface area contributed by atoms with Crippen LogP contribution in [0.15, 0.2) is 0 Å². The minimum Gasteiger partial charge on any atom is -1.00 e. The second-order valence-electron chi connectivity index (χ2n) is 2.18. The summed E-state index contributed by atoms with van der Waals surface area (Å²) < 4.78 is 1.37. The van der Waals surface area contributed by atoms with Crippen molar-refractivity contribution < 1.29 is 17.0 Å². The molecule has 0 aromatic heterocycles. The van der Waals surface area contributed by atoms with Crippen molar-refractivity contribution in [1.29, 1.82) is 0 Å². The maximum atomic E-state index is 2.32. The van der Waals surface area contributed by atoms with Crippen molar-refractivity contribution in [3.8, 4) is 0 Å². The van der Waals surface area contributed by atoms with Gasteiger partial charge in [-0.05, 0) is 0 Å². The van der Waals surface area contributed by atoms with Crippen LogP contribution in [0.2, 0.25) is 4.55 Å². The molecule has 0 saturated carbocycles. The van der Waals surface area contributed by atoms with E-state index in [4.69, 9.17) is 0 Å². The largest absolute Gasteiger partial charge is 1.00 e. The maximum Gasteiger partial charge on any atom is -1.00 e. The zero-order valence-electron chi connectivity index (χ0n) is 5.78. The molecule has 0 radical (unpaired) electrons. The van der Waals surface area contributed by atoms with Crippen LogP contribution in [0.4, 0.5) is 0 Å². The Kier molecular flexibility index (Phi) is 12.3. The van der Waals surface area contributed by atoms with Gasteiger partial charge in [-0.1, -0.05) is 0 Å². The monoisotopic (exact) mass is 188 g/mol. The van der Waals surface area contributed by atoms with E-state index in [-0.39, 0.29) is 17.0 Å². The van der Waals surface area contributed by atoms with Gasteiger partial charge in [0.2, 0.25) is 0 Å². The predicted molar refractivity (Wildman–Crippen MR) is 34.6 cm³/mol. The molecule has 46 valence electrons. The van der Waals surface area contributed by atoms with Gasteiger partial charge in [0.25, 0.3) is 0 Å². The minimum atomic E-state index is 0. The second-order valence-corrected chi connectivity index (χ2v) is 2.76. The molecular weight excluding hydrogens is 176 g/mol. The summed E-state index contributed by atoms with van der Waals surface area (Å²) in [5.74, 6) is 0.961. The molecular formula is C6H13BrMg. The van der Waals surface area contributed by atoms with Crippen LogP contribution in [0.25, 0.3) is 0 Å². The topological polar surface area (TPSA) is 0 Å². The van der Waals surface area contributed by atoms with E-state index in [1.54, 1.807) is 0 Å². The van der Waals surface area contributed by atoms with Crippen molar-refractivity contribution in [2.75, 3.05) is 0 Å². The van der Waals surface area contributed by atoms with E-state index in [0.717, 1.165) is 5.92 Å². The van der Waals surface area contributed by atoms with Crippen molar-refractivity contribution in [3.63, 3.8) is 0 Å². The maximum absolute atomic E-state index is 2.32. The first kappa shape index (κ1) is 12.0. The molecule has 0 fully saturated rings. The molecule has 0 aliphatic carbocycles. The Morgan fingerprint density at radius 1 is 1.50 bits per heavy atom. The van der Waals surface area contributed by atoms with Crippen LogP contribution in [0.3, 0.4) is 0 Å². The Labute approximate surface area is 75.6 Å². The Balaban J connectivity index is 0. The molecule has 1 unspecified atom stereocenters. The third-order valence-corrected chi connectivity index (χ3v) is 2.26. The minimum absolute atomic E-state index is 0. The van der Waals surface area contributed by atoms with Crippen molar-refractivity contribution in [2.24, 2.45) is 5.92 Å². The van der Waals surface area contributed by atoms with Crippen molar-refractivity contribution in [1.82, 2.24) is 0 Å². The number of halogens is 1. The molecule has 0 aliphatic heterocycles.